The van der Waals surface area contributed by atoms with Gasteiger partial charge in [-0.2, -0.15) is 0 Å². The molecule has 1 atom stereocenters. The maximum Gasteiger partial charge on any atom is 0.0585 e. The average Bonchev–Trinajstić information content (AvgIpc) is 3.78. The highest BCUT2D eigenvalue weighted by Gasteiger charge is 2.44. The third-order valence-corrected chi connectivity index (χ3v) is 14.4. The lowest BCUT2D eigenvalue weighted by Crippen LogP contribution is -2.34. The van der Waals surface area contributed by atoms with Crippen molar-refractivity contribution < 1.29 is 0 Å². The maximum absolute atomic E-state index is 4.74. The van der Waals surface area contributed by atoms with E-state index in [1.807, 2.05) is 0 Å². The standard InChI is InChI=1S/C66H47N3/c1-46-34-35-48(44-45-66(59-28-12-10-24-55(46)59)60-29-13-15-32-64(60)69-63-31-14-11-26-57(63)58-27-17-30-61(66)65(58)69)47-36-38-53(39-37-47)68(62-33-16-19-49-18-8-9-25-56(49)62)54-42-40-52(41-43-54)67(50-20-4-2-5-21-50)51-22-6-3-7-23-51/h2-44H,1,45H2/b35-34-,48-44+. The number of para-hydroxylation sites is 5. The van der Waals surface area contributed by atoms with Gasteiger partial charge in [-0.3, -0.25) is 0 Å². The number of aromatic nitrogens is 1. The van der Waals surface area contributed by atoms with E-state index in [-0.39, 0.29) is 0 Å². The van der Waals surface area contributed by atoms with Gasteiger partial charge in [-0.05, 0) is 130 Å². The van der Waals surface area contributed by atoms with Gasteiger partial charge in [0, 0.05) is 44.6 Å². The second-order valence-electron chi connectivity index (χ2n) is 18.1. The van der Waals surface area contributed by atoms with Crippen LogP contribution in [-0.2, 0) is 5.41 Å². The lowest BCUT2D eigenvalue weighted by Gasteiger charge is -2.41. The monoisotopic (exact) mass is 881 g/mol. The van der Waals surface area contributed by atoms with Crippen LogP contribution >= 0.6 is 0 Å². The van der Waals surface area contributed by atoms with Crippen molar-refractivity contribution in [3.05, 3.63) is 295 Å². The number of fused-ring (bicyclic) bond motifs is 10. The molecule has 0 saturated carbocycles. The molecule has 1 unspecified atom stereocenters. The van der Waals surface area contributed by atoms with Gasteiger partial charge in [0.2, 0.25) is 0 Å². The third kappa shape index (κ3) is 6.50. The lowest BCUT2D eigenvalue weighted by atomic mass is 9.63. The van der Waals surface area contributed by atoms with E-state index in [1.54, 1.807) is 0 Å². The highest BCUT2D eigenvalue weighted by Crippen LogP contribution is 2.55. The fourth-order valence-corrected chi connectivity index (χ4v) is 11.4. The van der Waals surface area contributed by atoms with Gasteiger partial charge in [0.1, 0.15) is 0 Å². The largest absolute Gasteiger partial charge is 0.311 e. The van der Waals surface area contributed by atoms with Gasteiger partial charge in [-0.15, -0.1) is 0 Å². The molecule has 13 rings (SSSR count). The summed E-state index contributed by atoms with van der Waals surface area (Å²) in [4.78, 5) is 4.70. The second kappa shape index (κ2) is 16.4. The molecule has 69 heavy (non-hydrogen) atoms. The Morgan fingerprint density at radius 1 is 0.406 bits per heavy atom. The Morgan fingerprint density at radius 2 is 0.942 bits per heavy atom. The molecule has 1 aliphatic carbocycles. The lowest BCUT2D eigenvalue weighted by molar-refractivity contribution is 0.617. The van der Waals surface area contributed by atoms with Gasteiger partial charge in [0.05, 0.1) is 27.8 Å². The van der Waals surface area contributed by atoms with Crippen LogP contribution in [0.2, 0.25) is 0 Å². The minimum absolute atomic E-state index is 0.495. The number of anilines is 6. The molecule has 3 nitrogen and oxygen atoms in total. The van der Waals surface area contributed by atoms with E-state index in [2.05, 4.69) is 275 Å². The number of hydrogen-bond donors (Lipinski definition) is 0. The smallest absolute Gasteiger partial charge is 0.0585 e. The van der Waals surface area contributed by atoms with Gasteiger partial charge in [-0.1, -0.05) is 189 Å². The van der Waals surface area contributed by atoms with E-state index in [1.165, 1.54) is 60.5 Å². The third-order valence-electron chi connectivity index (χ3n) is 14.4. The zero-order valence-electron chi connectivity index (χ0n) is 38.1. The SMILES string of the molecule is C=C1/C=C\C(c2ccc(N(c3ccc(N(c4ccccc4)c4ccccc4)cc3)c3cccc4ccccc34)cc2)=C/CC2(c3ccccc31)c1ccccc1-n1c3ccccc3c3cccc2c31. The van der Waals surface area contributed by atoms with E-state index in [9.17, 15) is 0 Å². The van der Waals surface area contributed by atoms with Crippen molar-refractivity contribution in [2.45, 2.75) is 11.8 Å². The first kappa shape index (κ1) is 40.4. The molecule has 2 heterocycles. The van der Waals surface area contributed by atoms with E-state index in [4.69, 9.17) is 6.58 Å². The summed E-state index contributed by atoms with van der Waals surface area (Å²) < 4.78 is 2.50. The molecule has 3 heteroatoms. The molecule has 0 radical (unpaired) electrons. The topological polar surface area (TPSA) is 11.4 Å². The van der Waals surface area contributed by atoms with Crippen molar-refractivity contribution in [2.24, 2.45) is 0 Å². The first-order valence-electron chi connectivity index (χ1n) is 23.8. The molecule has 0 bridgehead atoms. The molecule has 0 saturated heterocycles. The van der Waals surface area contributed by atoms with E-state index in [0.29, 0.717) is 0 Å². The summed E-state index contributed by atoms with van der Waals surface area (Å²) in [6.45, 7) is 4.74. The van der Waals surface area contributed by atoms with Gasteiger partial charge in [0.15, 0.2) is 0 Å². The van der Waals surface area contributed by atoms with Crippen LogP contribution in [0.3, 0.4) is 0 Å². The van der Waals surface area contributed by atoms with E-state index < -0.39 is 5.41 Å². The maximum atomic E-state index is 4.74. The molecule has 2 aliphatic rings. The van der Waals surface area contributed by atoms with Crippen LogP contribution in [0, 0.1) is 0 Å². The quantitative estimate of drug-likeness (QED) is 0.158. The fraction of sp³-hybridized carbons (Fsp3) is 0.0303. The molecule has 1 aromatic heterocycles. The molecule has 326 valence electrons. The van der Waals surface area contributed by atoms with Crippen molar-refractivity contribution in [1.29, 1.82) is 0 Å². The summed E-state index contributed by atoms with van der Waals surface area (Å²) >= 11 is 0. The number of benzene rings is 10. The van der Waals surface area contributed by atoms with Crippen LogP contribution in [0.4, 0.5) is 34.1 Å². The van der Waals surface area contributed by atoms with Crippen molar-refractivity contribution in [3.63, 3.8) is 0 Å². The Bertz CT molecular complexity index is 3780. The summed E-state index contributed by atoms with van der Waals surface area (Å²) in [5.41, 5.74) is 18.2. The number of hydrogen-bond acceptors (Lipinski definition) is 2. The average molecular weight is 882 g/mol. The Morgan fingerprint density at radius 3 is 1.70 bits per heavy atom. The summed E-state index contributed by atoms with van der Waals surface area (Å²) in [7, 11) is 0. The Labute approximate surface area is 403 Å². The van der Waals surface area contributed by atoms with Gasteiger partial charge >= 0.3 is 0 Å². The summed E-state index contributed by atoms with van der Waals surface area (Å²) in [5.74, 6) is 0. The Kier molecular flexibility index (Phi) is 9.62. The first-order chi connectivity index (χ1) is 34.2. The molecule has 0 fully saturated rings. The highest BCUT2D eigenvalue weighted by atomic mass is 15.2. The van der Waals surface area contributed by atoms with Crippen molar-refractivity contribution >= 4 is 77.8 Å². The van der Waals surface area contributed by atoms with Crippen LogP contribution in [0.1, 0.15) is 34.2 Å². The van der Waals surface area contributed by atoms with Gasteiger partial charge < -0.3 is 14.4 Å². The summed E-state index contributed by atoms with van der Waals surface area (Å²) in [6.07, 6.45) is 7.71. The van der Waals surface area contributed by atoms with Crippen molar-refractivity contribution in [2.75, 3.05) is 9.80 Å². The zero-order valence-corrected chi connectivity index (χ0v) is 38.1. The molecule has 1 spiro atoms. The summed E-state index contributed by atoms with van der Waals surface area (Å²) in [6, 6.07) is 88.3. The molecule has 1 aliphatic heterocycles. The van der Waals surface area contributed by atoms with Gasteiger partial charge in [-0.25, -0.2) is 0 Å². The van der Waals surface area contributed by atoms with Crippen LogP contribution in [0.25, 0.3) is 49.4 Å². The molecular formula is C66H47N3. The first-order valence-corrected chi connectivity index (χ1v) is 23.8. The molecule has 0 amide bonds. The molecule has 10 aromatic carbocycles. The Balaban J connectivity index is 0.945. The van der Waals surface area contributed by atoms with Crippen LogP contribution in [0.5, 0.6) is 0 Å². The summed E-state index contributed by atoms with van der Waals surface area (Å²) in [5, 5.41) is 4.94. The van der Waals surface area contributed by atoms with Crippen molar-refractivity contribution in [3.8, 4) is 5.69 Å². The molecule has 0 N–H and O–H groups in total. The molecule has 11 aromatic rings. The van der Waals surface area contributed by atoms with Crippen molar-refractivity contribution in [1.82, 2.24) is 4.57 Å². The number of allylic oxidation sites excluding steroid dienone is 5. The predicted molar refractivity (Wildman–Crippen MR) is 291 cm³/mol. The normalized spacial score (nSPS) is 16.2. The number of rotatable bonds is 7. The van der Waals surface area contributed by atoms with E-state index >= 15 is 0 Å². The minimum atomic E-state index is -0.495. The number of nitrogens with zero attached hydrogens (tertiary/aromatic N) is 3. The van der Waals surface area contributed by atoms with E-state index in [0.717, 1.165) is 57.3 Å². The highest BCUT2D eigenvalue weighted by molar-refractivity contribution is 6.12. The van der Waals surface area contributed by atoms with Crippen LogP contribution in [0.15, 0.2) is 267 Å². The second-order valence-corrected chi connectivity index (χ2v) is 18.1. The Hall–Kier alpha value is -8.92. The minimum Gasteiger partial charge on any atom is -0.311 e. The molecular weight excluding hydrogens is 835 g/mol. The predicted octanol–water partition coefficient (Wildman–Crippen LogP) is 17.6. The van der Waals surface area contributed by atoms with Crippen LogP contribution < -0.4 is 9.80 Å². The zero-order chi connectivity index (χ0) is 45.9. The van der Waals surface area contributed by atoms with Gasteiger partial charge in [0.25, 0.3) is 0 Å². The fourth-order valence-electron chi connectivity index (χ4n) is 11.4. The van der Waals surface area contributed by atoms with Crippen LogP contribution in [-0.4, -0.2) is 4.57 Å².